The zero-order valence-corrected chi connectivity index (χ0v) is 9.27. The molecule has 0 unspecified atom stereocenters. The van der Waals surface area contributed by atoms with Crippen molar-refractivity contribution in [1.82, 2.24) is 4.98 Å². The lowest BCUT2D eigenvalue weighted by molar-refractivity contribution is 1.07. The van der Waals surface area contributed by atoms with Gasteiger partial charge >= 0.3 is 0 Å². The average Bonchev–Trinajstić information content (AvgIpc) is 2.29. The summed E-state index contributed by atoms with van der Waals surface area (Å²) in [6.07, 6.45) is 1.81. The number of pyridine rings is 1. The van der Waals surface area contributed by atoms with Gasteiger partial charge in [-0.05, 0) is 35.7 Å². The highest BCUT2D eigenvalue weighted by Crippen LogP contribution is 2.24. The molecule has 16 heavy (non-hydrogen) atoms. The number of aryl methyl sites for hydroxylation is 1. The van der Waals surface area contributed by atoms with Crippen molar-refractivity contribution < 1.29 is 0 Å². The summed E-state index contributed by atoms with van der Waals surface area (Å²) < 4.78 is 0. The van der Waals surface area contributed by atoms with Gasteiger partial charge in [0.2, 0.25) is 0 Å². The van der Waals surface area contributed by atoms with Gasteiger partial charge in [0.05, 0.1) is 0 Å². The summed E-state index contributed by atoms with van der Waals surface area (Å²) in [5.41, 5.74) is 15.7. The van der Waals surface area contributed by atoms with Crippen molar-refractivity contribution in [1.29, 1.82) is 0 Å². The van der Waals surface area contributed by atoms with Gasteiger partial charge in [0.1, 0.15) is 5.82 Å². The fourth-order valence-electron chi connectivity index (χ4n) is 1.75. The number of rotatable bonds is 2. The number of anilines is 1. The molecule has 1 aromatic heterocycles. The van der Waals surface area contributed by atoms with E-state index in [1.165, 1.54) is 0 Å². The fourth-order valence-corrected chi connectivity index (χ4v) is 1.75. The van der Waals surface area contributed by atoms with E-state index in [4.69, 9.17) is 11.5 Å². The van der Waals surface area contributed by atoms with E-state index in [9.17, 15) is 0 Å². The molecular weight excluding hydrogens is 198 g/mol. The van der Waals surface area contributed by atoms with Crippen LogP contribution in [0.1, 0.15) is 11.1 Å². The fraction of sp³-hybridized carbons (Fsp3) is 0.154. The first-order valence-corrected chi connectivity index (χ1v) is 5.22. The highest BCUT2D eigenvalue weighted by molar-refractivity contribution is 5.68. The number of benzene rings is 1. The molecule has 0 aliphatic carbocycles. The molecule has 0 amide bonds. The topological polar surface area (TPSA) is 64.9 Å². The number of aromatic nitrogens is 1. The zero-order valence-electron chi connectivity index (χ0n) is 9.27. The molecule has 3 nitrogen and oxygen atoms in total. The predicted molar refractivity (Wildman–Crippen MR) is 66.7 cm³/mol. The Kier molecular flexibility index (Phi) is 2.88. The Labute approximate surface area is 95.1 Å². The van der Waals surface area contributed by atoms with E-state index < -0.39 is 0 Å². The minimum absolute atomic E-state index is 0.551. The van der Waals surface area contributed by atoms with E-state index in [2.05, 4.69) is 17.1 Å². The van der Waals surface area contributed by atoms with Gasteiger partial charge in [-0.15, -0.1) is 0 Å². The Bertz CT molecular complexity index is 506. The van der Waals surface area contributed by atoms with E-state index in [1.54, 1.807) is 6.20 Å². The molecule has 0 radical (unpaired) electrons. The second-order valence-electron chi connectivity index (χ2n) is 3.83. The zero-order chi connectivity index (χ0) is 11.5. The monoisotopic (exact) mass is 213 g/mol. The van der Waals surface area contributed by atoms with Crippen LogP contribution < -0.4 is 11.5 Å². The van der Waals surface area contributed by atoms with E-state index in [0.717, 1.165) is 22.3 Å². The lowest BCUT2D eigenvalue weighted by atomic mass is 10.0. The first kappa shape index (κ1) is 10.6. The highest BCUT2D eigenvalue weighted by atomic mass is 14.8. The van der Waals surface area contributed by atoms with Crippen LogP contribution >= 0.6 is 0 Å². The van der Waals surface area contributed by atoms with Crippen molar-refractivity contribution in [3.63, 3.8) is 0 Å². The van der Waals surface area contributed by atoms with Crippen LogP contribution in [-0.2, 0) is 6.54 Å². The van der Waals surface area contributed by atoms with Crippen LogP contribution in [0, 0.1) is 6.92 Å². The molecule has 3 heteroatoms. The van der Waals surface area contributed by atoms with E-state index in [0.29, 0.717) is 12.4 Å². The van der Waals surface area contributed by atoms with Crippen molar-refractivity contribution in [2.45, 2.75) is 13.5 Å². The summed E-state index contributed by atoms with van der Waals surface area (Å²) in [7, 11) is 0. The maximum absolute atomic E-state index is 5.63. The normalized spacial score (nSPS) is 10.4. The molecule has 0 aliphatic rings. The number of hydrogen-bond acceptors (Lipinski definition) is 3. The molecule has 2 rings (SSSR count). The molecule has 82 valence electrons. The molecule has 2 aromatic rings. The average molecular weight is 213 g/mol. The lowest BCUT2D eigenvalue weighted by Gasteiger charge is -2.07. The largest absolute Gasteiger partial charge is 0.384 e. The van der Waals surface area contributed by atoms with E-state index in [-0.39, 0.29) is 0 Å². The molecular formula is C13H15N3. The summed E-state index contributed by atoms with van der Waals surface area (Å²) in [6, 6.07) is 10.0. The Hall–Kier alpha value is -1.87. The smallest absolute Gasteiger partial charge is 0.123 e. The summed E-state index contributed by atoms with van der Waals surface area (Å²) in [5, 5.41) is 0. The van der Waals surface area contributed by atoms with Crippen LogP contribution in [-0.4, -0.2) is 4.98 Å². The van der Waals surface area contributed by atoms with Gasteiger partial charge in [-0.3, -0.25) is 0 Å². The second-order valence-corrected chi connectivity index (χ2v) is 3.83. The third-order valence-corrected chi connectivity index (χ3v) is 2.61. The van der Waals surface area contributed by atoms with Crippen LogP contribution in [0.4, 0.5) is 5.82 Å². The van der Waals surface area contributed by atoms with Gasteiger partial charge in [0, 0.05) is 18.3 Å². The summed E-state index contributed by atoms with van der Waals surface area (Å²) in [4.78, 5) is 4.12. The van der Waals surface area contributed by atoms with Gasteiger partial charge in [0.25, 0.3) is 0 Å². The lowest BCUT2D eigenvalue weighted by Crippen LogP contribution is -1.97. The Morgan fingerprint density at radius 1 is 1.25 bits per heavy atom. The Balaban J connectivity index is 2.49. The van der Waals surface area contributed by atoms with E-state index >= 15 is 0 Å². The summed E-state index contributed by atoms with van der Waals surface area (Å²) >= 11 is 0. The van der Waals surface area contributed by atoms with Crippen molar-refractivity contribution in [2.75, 3.05) is 5.73 Å². The quantitative estimate of drug-likeness (QED) is 0.802. The minimum Gasteiger partial charge on any atom is -0.384 e. The molecule has 1 aromatic carbocycles. The third-order valence-electron chi connectivity index (χ3n) is 2.61. The predicted octanol–water partition coefficient (Wildman–Crippen LogP) is 2.10. The summed E-state index contributed by atoms with van der Waals surface area (Å²) in [5.74, 6) is 0.552. The van der Waals surface area contributed by atoms with Crippen LogP contribution in [0.2, 0.25) is 0 Å². The van der Waals surface area contributed by atoms with Crippen molar-refractivity contribution in [3.05, 3.63) is 47.7 Å². The Morgan fingerprint density at radius 3 is 2.75 bits per heavy atom. The molecule has 0 saturated carbocycles. The van der Waals surface area contributed by atoms with Crippen molar-refractivity contribution in [2.24, 2.45) is 5.73 Å². The molecule has 0 atom stereocenters. The van der Waals surface area contributed by atoms with Crippen LogP contribution in [0.3, 0.4) is 0 Å². The van der Waals surface area contributed by atoms with Crippen LogP contribution in [0.15, 0.2) is 36.5 Å². The minimum atomic E-state index is 0.551. The van der Waals surface area contributed by atoms with Gasteiger partial charge in [-0.1, -0.05) is 18.2 Å². The first-order valence-electron chi connectivity index (χ1n) is 5.22. The third kappa shape index (κ3) is 2.04. The van der Waals surface area contributed by atoms with Crippen LogP contribution in [0.5, 0.6) is 0 Å². The molecule has 1 heterocycles. The molecule has 0 bridgehead atoms. The number of hydrogen-bond donors (Lipinski definition) is 2. The van der Waals surface area contributed by atoms with Crippen molar-refractivity contribution in [3.8, 4) is 11.1 Å². The maximum atomic E-state index is 5.63. The number of nitrogens with zero attached hydrogens (tertiary/aromatic N) is 1. The molecule has 0 aliphatic heterocycles. The van der Waals surface area contributed by atoms with E-state index in [1.807, 2.05) is 25.1 Å². The summed E-state index contributed by atoms with van der Waals surface area (Å²) in [6.45, 7) is 2.58. The maximum Gasteiger partial charge on any atom is 0.123 e. The molecule has 0 saturated heterocycles. The SMILES string of the molecule is Cc1cc(N)ncc1-c1cccc(CN)c1. The number of nitrogen functional groups attached to an aromatic ring is 1. The van der Waals surface area contributed by atoms with Gasteiger partial charge in [-0.2, -0.15) is 0 Å². The molecule has 0 fully saturated rings. The Morgan fingerprint density at radius 2 is 2.06 bits per heavy atom. The standard InChI is InChI=1S/C13H15N3/c1-9-5-13(15)16-8-12(9)11-4-2-3-10(6-11)7-14/h2-6,8H,7,14H2,1H3,(H2,15,16). The first-order chi connectivity index (χ1) is 7.70. The molecule has 0 spiro atoms. The van der Waals surface area contributed by atoms with Gasteiger partial charge < -0.3 is 11.5 Å². The van der Waals surface area contributed by atoms with Crippen LogP contribution in [0.25, 0.3) is 11.1 Å². The second kappa shape index (κ2) is 4.33. The number of nitrogens with two attached hydrogens (primary N) is 2. The highest BCUT2D eigenvalue weighted by Gasteiger charge is 2.03. The van der Waals surface area contributed by atoms with Gasteiger partial charge in [0.15, 0.2) is 0 Å². The van der Waals surface area contributed by atoms with Crippen molar-refractivity contribution >= 4 is 5.82 Å². The van der Waals surface area contributed by atoms with Gasteiger partial charge in [-0.25, -0.2) is 4.98 Å². The molecule has 4 N–H and O–H groups in total.